The van der Waals surface area contributed by atoms with E-state index in [9.17, 15) is 0 Å². The maximum atomic E-state index is 5.75. The van der Waals surface area contributed by atoms with Crippen molar-refractivity contribution < 1.29 is 98.1 Å². The van der Waals surface area contributed by atoms with Gasteiger partial charge in [-0.2, -0.15) is 21.1 Å². The molecule has 0 aliphatic rings. The van der Waals surface area contributed by atoms with Gasteiger partial charge in [-0.15, -0.1) is 0 Å². The predicted molar refractivity (Wildman–Crippen MR) is 31.9 cm³/mol. The molecule has 5 heteroatoms. The Balaban J connectivity index is -0.00000000357. The van der Waals surface area contributed by atoms with E-state index in [1.54, 1.807) is 14.1 Å². The van der Waals surface area contributed by atoms with Crippen molar-refractivity contribution in [1.82, 2.24) is 0 Å². The van der Waals surface area contributed by atoms with Crippen LogP contribution in [0.4, 0.5) is 0 Å². The van der Waals surface area contributed by atoms with Gasteiger partial charge in [-0.25, -0.2) is 0 Å². The van der Waals surface area contributed by atoms with Crippen LogP contribution in [-0.4, -0.2) is 21.1 Å². The first kappa shape index (κ1) is 39.7. The molecule has 0 aromatic heterocycles. The Bertz CT molecular complexity index is 13.8. The molecule has 0 aliphatic heterocycles. The third kappa shape index (κ3) is 91.7. The van der Waals surface area contributed by atoms with Crippen LogP contribution in [0.25, 0.3) is 11.1 Å². The number of nitrogens with one attached hydrogen (secondary N) is 1. The Morgan fingerprint density at radius 3 is 0.889 bits per heavy atom. The normalized spacial score (nSPS) is 2.67. The molecule has 0 amide bonds. The Hall–Kier alpha value is 3.23. The zero-order valence-corrected chi connectivity index (χ0v) is 15.2. The van der Waals surface area contributed by atoms with Crippen LogP contribution >= 0.6 is 0 Å². The fourth-order valence-electron chi connectivity index (χ4n) is 0. The largest absolute Gasteiger partial charge is 0.680 e. The summed E-state index contributed by atoms with van der Waals surface area (Å²) in [5.41, 5.74) is 5.75. The van der Waals surface area contributed by atoms with Crippen molar-refractivity contribution in [3.05, 3.63) is 18.5 Å². The summed E-state index contributed by atoms with van der Waals surface area (Å²) in [6.07, 6.45) is 0. The van der Waals surface area contributed by atoms with Crippen LogP contribution in [0.5, 0.6) is 0 Å². The van der Waals surface area contributed by atoms with Gasteiger partial charge in [0.15, 0.2) is 0 Å². The molecule has 0 aliphatic carbocycles. The molecule has 2 nitrogen and oxygen atoms in total. The second kappa shape index (κ2) is 65.7. The summed E-state index contributed by atoms with van der Waals surface area (Å²) in [4.78, 5) is 0. The van der Waals surface area contributed by atoms with Crippen molar-refractivity contribution in [2.45, 2.75) is 0 Å². The van der Waals surface area contributed by atoms with E-state index in [2.05, 4.69) is 5.32 Å². The van der Waals surface area contributed by atoms with Gasteiger partial charge in [-0.3, -0.25) is 0 Å². The summed E-state index contributed by atoms with van der Waals surface area (Å²) in [5, 5.41) is 3.50. The summed E-state index contributed by atoms with van der Waals surface area (Å²) in [7, 11) is 4.75. The first-order chi connectivity index (χ1) is 2.41. The van der Waals surface area contributed by atoms with Crippen molar-refractivity contribution in [2.24, 2.45) is 0 Å². The molecule has 0 bridgehead atoms. The molecular formula is C4H13N2Y3-3. The van der Waals surface area contributed by atoms with Crippen LogP contribution in [0.3, 0.4) is 0 Å². The fourth-order valence-corrected chi connectivity index (χ4v) is 0. The van der Waals surface area contributed by atoms with E-state index in [0.29, 0.717) is 0 Å². The van der Waals surface area contributed by atoms with Crippen LogP contribution in [0.2, 0.25) is 0 Å². The molecular weight excluding hydrogens is 343 g/mol. The van der Waals surface area contributed by atoms with Crippen LogP contribution in [-0.2, 0) is 98.1 Å². The average Bonchev–Trinajstić information content (AvgIpc) is 1.46. The Morgan fingerprint density at radius 1 is 0.889 bits per heavy atom. The molecule has 0 atom stereocenters. The molecule has 0 aromatic rings. The molecule has 1 N–H and O–H groups in total. The van der Waals surface area contributed by atoms with Gasteiger partial charge in [0.25, 0.3) is 0 Å². The van der Waals surface area contributed by atoms with E-state index in [4.69, 9.17) is 5.73 Å². The van der Waals surface area contributed by atoms with Crippen LogP contribution < -0.4 is 0 Å². The van der Waals surface area contributed by atoms with E-state index in [1.807, 2.05) is 0 Å². The molecule has 0 heterocycles. The molecule has 9 heavy (non-hydrogen) atoms. The third-order valence-electron chi connectivity index (χ3n) is 0. The van der Waals surface area contributed by atoms with Gasteiger partial charge in [0.05, 0.1) is 0 Å². The Kier molecular flexibility index (Phi) is 290. The molecule has 0 unspecified atom stereocenters. The number of rotatable bonds is 0. The van der Waals surface area contributed by atoms with E-state index in [1.165, 1.54) is 7.05 Å². The van der Waals surface area contributed by atoms with Crippen molar-refractivity contribution in [2.75, 3.05) is 21.1 Å². The monoisotopic (exact) mass is 356 g/mol. The first-order valence-electron chi connectivity index (χ1n) is 1.39. The standard InChI is InChI=1S/C2H6N.CH4N.CH3.3Y/c1-3-2;1-2;;;;/h1-2H3;2H,1H3;1H3;;;/q3*-1;;;. The van der Waals surface area contributed by atoms with E-state index >= 15 is 0 Å². The maximum absolute atomic E-state index is 5.75. The van der Waals surface area contributed by atoms with E-state index in [-0.39, 0.29) is 106 Å². The van der Waals surface area contributed by atoms with Gasteiger partial charge in [-0.05, 0) is 0 Å². The van der Waals surface area contributed by atoms with Crippen molar-refractivity contribution >= 4 is 0 Å². The smallest absolute Gasteiger partial charge is 0 e. The Morgan fingerprint density at radius 2 is 0.889 bits per heavy atom. The van der Waals surface area contributed by atoms with Crippen LogP contribution in [0.1, 0.15) is 0 Å². The number of hydrogen-bond acceptors (Lipinski definition) is 0. The van der Waals surface area contributed by atoms with Crippen molar-refractivity contribution in [3.63, 3.8) is 0 Å². The topological polar surface area (TPSA) is 37.9 Å². The van der Waals surface area contributed by atoms with Gasteiger partial charge in [-0.1, -0.05) is 0 Å². The van der Waals surface area contributed by atoms with Crippen molar-refractivity contribution in [3.8, 4) is 0 Å². The quantitative estimate of drug-likeness (QED) is 0.594. The van der Waals surface area contributed by atoms with Crippen molar-refractivity contribution in [1.29, 1.82) is 0 Å². The molecule has 3 radical (unpaired) electrons. The summed E-state index contributed by atoms with van der Waals surface area (Å²) in [6, 6.07) is 0. The third-order valence-corrected chi connectivity index (χ3v) is 0. The molecule has 0 spiro atoms. The average molecular weight is 356 g/mol. The molecule has 0 saturated heterocycles. The molecule has 0 rings (SSSR count). The number of hydrogen-bond donors (Lipinski definition) is 0. The molecule has 0 aromatic carbocycles. The summed E-state index contributed by atoms with van der Waals surface area (Å²) in [5.74, 6) is 0. The van der Waals surface area contributed by atoms with E-state index in [0.717, 1.165) is 0 Å². The number of nitrogens with zero attached hydrogens (tertiary/aromatic N) is 1. The summed E-state index contributed by atoms with van der Waals surface area (Å²) >= 11 is 0. The minimum atomic E-state index is 0. The summed E-state index contributed by atoms with van der Waals surface area (Å²) in [6.45, 7) is 0. The first-order valence-corrected chi connectivity index (χ1v) is 1.39. The maximum Gasteiger partial charge on any atom is 0 e. The second-order valence-electron chi connectivity index (χ2n) is 0.447. The SMILES string of the molecule is C[N-]C.C[NH-].[CH3-].[Y].[Y].[Y]. The summed E-state index contributed by atoms with van der Waals surface area (Å²) < 4.78 is 0. The van der Waals surface area contributed by atoms with Gasteiger partial charge in [0.2, 0.25) is 0 Å². The fraction of sp³-hybridized carbons (Fsp3) is 0.750. The Labute approximate surface area is 135 Å². The van der Waals surface area contributed by atoms with Gasteiger partial charge < -0.3 is 18.5 Å². The zero-order chi connectivity index (χ0) is 4.71. The second-order valence-corrected chi connectivity index (χ2v) is 0.447. The van der Waals surface area contributed by atoms with Gasteiger partial charge >= 0.3 is 0 Å². The van der Waals surface area contributed by atoms with Gasteiger partial charge in [0, 0.05) is 98.1 Å². The molecule has 51 valence electrons. The van der Waals surface area contributed by atoms with Gasteiger partial charge in [0.1, 0.15) is 0 Å². The molecule has 0 saturated carbocycles. The minimum absolute atomic E-state index is 0. The molecule has 0 fully saturated rings. The van der Waals surface area contributed by atoms with Crippen LogP contribution in [0.15, 0.2) is 0 Å². The predicted octanol–water partition coefficient (Wildman–Crippen LogP) is 1.73. The van der Waals surface area contributed by atoms with Crippen LogP contribution in [0, 0.1) is 7.43 Å². The minimum Gasteiger partial charge on any atom is -0.680 e. The van der Waals surface area contributed by atoms with E-state index < -0.39 is 0 Å². The zero-order valence-electron chi connectivity index (χ0n) is 6.68.